The fourth-order valence-electron chi connectivity index (χ4n) is 2.15. The first-order valence-electron chi connectivity index (χ1n) is 5.74. The molecular formula is C11H18N2O3S. The van der Waals surface area contributed by atoms with Gasteiger partial charge >= 0.3 is 0 Å². The monoisotopic (exact) mass is 258 g/mol. The van der Waals surface area contributed by atoms with E-state index in [-0.39, 0.29) is 17.4 Å². The molecule has 2 N–H and O–H groups in total. The van der Waals surface area contributed by atoms with E-state index >= 15 is 0 Å². The topological polar surface area (TPSA) is 75.3 Å². The first-order chi connectivity index (χ1) is 7.81. The predicted octanol–water partition coefficient (Wildman–Crippen LogP) is -0.400. The maximum absolute atomic E-state index is 12.0. The molecule has 2 saturated heterocycles. The summed E-state index contributed by atoms with van der Waals surface area (Å²) >= 11 is 0. The highest BCUT2D eigenvalue weighted by atomic mass is 32.2. The smallest absolute Gasteiger partial charge is 0.247 e. The third-order valence-electron chi connectivity index (χ3n) is 3.47. The Morgan fingerprint density at radius 2 is 2.06 bits per heavy atom. The summed E-state index contributed by atoms with van der Waals surface area (Å²) in [4.78, 5) is 12.0. The van der Waals surface area contributed by atoms with Crippen LogP contribution in [0, 0.1) is 0 Å². The average molecular weight is 258 g/mol. The van der Waals surface area contributed by atoms with Gasteiger partial charge in [-0.25, -0.2) is 8.42 Å². The van der Waals surface area contributed by atoms with E-state index in [1.54, 1.807) is 13.8 Å². The zero-order valence-electron chi connectivity index (χ0n) is 10.2. The molecule has 2 heterocycles. The number of amides is 1. The van der Waals surface area contributed by atoms with Crippen molar-refractivity contribution in [2.24, 2.45) is 0 Å². The van der Waals surface area contributed by atoms with Gasteiger partial charge in [0.15, 0.2) is 9.84 Å². The van der Waals surface area contributed by atoms with Crippen LogP contribution in [0.1, 0.15) is 20.3 Å². The molecule has 1 unspecified atom stereocenters. The quantitative estimate of drug-likeness (QED) is 0.661. The molecule has 0 aromatic rings. The second-order valence-corrected chi connectivity index (χ2v) is 7.37. The van der Waals surface area contributed by atoms with Gasteiger partial charge in [-0.1, -0.05) is 0 Å². The Hall–Kier alpha value is -0.880. The summed E-state index contributed by atoms with van der Waals surface area (Å²) in [6, 6.07) is 0. The second kappa shape index (κ2) is 4.10. The molecule has 1 atom stereocenters. The Morgan fingerprint density at radius 3 is 2.47 bits per heavy atom. The minimum atomic E-state index is -2.98. The van der Waals surface area contributed by atoms with Crippen molar-refractivity contribution in [3.8, 4) is 0 Å². The minimum absolute atomic E-state index is 0.0482. The SMILES string of the molecule is CC(C(=O)NC1(C)CCS(=O)(=O)C1)=C1CNC1. The standard InChI is InChI=1S/C11H18N2O3S/c1-8(9-5-12-6-9)10(14)13-11(2)3-4-17(15,16)7-11/h12H,3-7H2,1-2H3,(H,13,14). The van der Waals surface area contributed by atoms with Crippen LogP contribution in [0.3, 0.4) is 0 Å². The molecule has 6 heteroatoms. The summed E-state index contributed by atoms with van der Waals surface area (Å²) in [5.74, 6) is 0.0780. The van der Waals surface area contributed by atoms with E-state index in [9.17, 15) is 13.2 Å². The van der Waals surface area contributed by atoms with Crippen LogP contribution in [0.25, 0.3) is 0 Å². The van der Waals surface area contributed by atoms with E-state index < -0.39 is 15.4 Å². The van der Waals surface area contributed by atoms with Gasteiger partial charge in [0.2, 0.25) is 5.91 Å². The van der Waals surface area contributed by atoms with Crippen LogP contribution < -0.4 is 10.6 Å². The van der Waals surface area contributed by atoms with Gasteiger partial charge in [0.1, 0.15) is 0 Å². The number of carbonyl (C=O) groups excluding carboxylic acids is 1. The van der Waals surface area contributed by atoms with Crippen molar-refractivity contribution in [1.82, 2.24) is 10.6 Å². The van der Waals surface area contributed by atoms with Gasteiger partial charge in [-0.05, 0) is 25.8 Å². The van der Waals surface area contributed by atoms with Gasteiger partial charge in [0.25, 0.3) is 0 Å². The van der Waals surface area contributed by atoms with E-state index in [0.29, 0.717) is 12.0 Å². The number of hydrogen-bond acceptors (Lipinski definition) is 4. The Bertz CT molecular complexity index is 475. The molecule has 17 heavy (non-hydrogen) atoms. The minimum Gasteiger partial charge on any atom is -0.346 e. The molecular weight excluding hydrogens is 240 g/mol. The van der Waals surface area contributed by atoms with Crippen molar-refractivity contribution in [1.29, 1.82) is 0 Å². The lowest BCUT2D eigenvalue weighted by Gasteiger charge is -2.27. The van der Waals surface area contributed by atoms with Crippen LogP contribution in [0.2, 0.25) is 0 Å². The van der Waals surface area contributed by atoms with Gasteiger partial charge in [-0.15, -0.1) is 0 Å². The van der Waals surface area contributed by atoms with E-state index in [1.807, 2.05) is 0 Å². The van der Waals surface area contributed by atoms with Crippen LogP contribution in [0.15, 0.2) is 11.1 Å². The maximum atomic E-state index is 12.0. The second-order valence-electron chi connectivity index (χ2n) is 5.19. The fourth-order valence-corrected chi connectivity index (χ4v) is 4.25. The molecule has 0 bridgehead atoms. The Morgan fingerprint density at radius 1 is 1.41 bits per heavy atom. The van der Waals surface area contributed by atoms with E-state index in [2.05, 4.69) is 10.6 Å². The van der Waals surface area contributed by atoms with E-state index in [0.717, 1.165) is 18.7 Å². The first-order valence-corrected chi connectivity index (χ1v) is 7.56. The summed E-state index contributed by atoms with van der Waals surface area (Å²) < 4.78 is 22.9. The van der Waals surface area contributed by atoms with E-state index in [1.165, 1.54) is 0 Å². The van der Waals surface area contributed by atoms with Crippen LogP contribution in [-0.4, -0.2) is 44.5 Å². The molecule has 2 aliphatic heterocycles. The van der Waals surface area contributed by atoms with Crippen LogP contribution in [-0.2, 0) is 14.6 Å². The first kappa shape index (κ1) is 12.6. The van der Waals surface area contributed by atoms with Crippen LogP contribution in [0.5, 0.6) is 0 Å². The zero-order chi connectivity index (χ0) is 12.7. The van der Waals surface area contributed by atoms with Crippen LogP contribution >= 0.6 is 0 Å². The van der Waals surface area contributed by atoms with Crippen molar-refractivity contribution in [2.45, 2.75) is 25.8 Å². The van der Waals surface area contributed by atoms with Gasteiger partial charge in [-0.2, -0.15) is 0 Å². The molecule has 0 spiro atoms. The lowest BCUT2D eigenvalue weighted by atomic mass is 9.99. The van der Waals surface area contributed by atoms with E-state index in [4.69, 9.17) is 0 Å². The van der Waals surface area contributed by atoms with Gasteiger partial charge in [0.05, 0.1) is 17.0 Å². The van der Waals surface area contributed by atoms with Crippen LogP contribution in [0.4, 0.5) is 0 Å². The molecule has 5 nitrogen and oxygen atoms in total. The summed E-state index contributed by atoms with van der Waals surface area (Å²) in [6.45, 7) is 5.10. The number of nitrogens with one attached hydrogen (secondary N) is 2. The van der Waals surface area contributed by atoms with Gasteiger partial charge in [0, 0.05) is 18.7 Å². The van der Waals surface area contributed by atoms with Gasteiger partial charge in [-0.3, -0.25) is 4.79 Å². The number of sulfone groups is 1. The maximum Gasteiger partial charge on any atom is 0.247 e. The molecule has 2 rings (SSSR count). The molecule has 0 aromatic heterocycles. The summed E-state index contributed by atoms with van der Waals surface area (Å²) in [5.41, 5.74) is 1.22. The average Bonchev–Trinajstić information content (AvgIpc) is 2.37. The van der Waals surface area contributed by atoms with Crippen molar-refractivity contribution >= 4 is 15.7 Å². The normalized spacial score (nSPS) is 30.8. The molecule has 0 saturated carbocycles. The largest absolute Gasteiger partial charge is 0.346 e. The van der Waals surface area contributed by atoms with Crippen molar-refractivity contribution in [2.75, 3.05) is 24.6 Å². The molecule has 2 fully saturated rings. The Balaban J connectivity index is 2.04. The Kier molecular flexibility index (Phi) is 3.03. The lowest BCUT2D eigenvalue weighted by molar-refractivity contribution is -0.119. The molecule has 0 radical (unpaired) electrons. The third kappa shape index (κ3) is 2.69. The van der Waals surface area contributed by atoms with Gasteiger partial charge < -0.3 is 10.6 Å². The molecule has 0 aliphatic carbocycles. The number of carbonyl (C=O) groups is 1. The summed E-state index contributed by atoms with van der Waals surface area (Å²) in [7, 11) is -2.98. The molecule has 2 aliphatic rings. The predicted molar refractivity (Wildman–Crippen MR) is 65.4 cm³/mol. The molecule has 0 aromatic carbocycles. The van der Waals surface area contributed by atoms with Crippen molar-refractivity contribution < 1.29 is 13.2 Å². The van der Waals surface area contributed by atoms with Crippen molar-refractivity contribution in [3.63, 3.8) is 0 Å². The molecule has 96 valence electrons. The fraction of sp³-hybridized carbons (Fsp3) is 0.727. The summed E-state index contributed by atoms with van der Waals surface area (Å²) in [6.07, 6.45) is 0.502. The lowest BCUT2D eigenvalue weighted by Crippen LogP contribution is -2.48. The highest BCUT2D eigenvalue weighted by Crippen LogP contribution is 2.23. The number of hydrogen-bond donors (Lipinski definition) is 2. The number of rotatable bonds is 2. The summed E-state index contributed by atoms with van der Waals surface area (Å²) in [5, 5.41) is 5.94. The Labute approximate surface area is 102 Å². The zero-order valence-corrected chi connectivity index (χ0v) is 11.0. The van der Waals surface area contributed by atoms with Crippen molar-refractivity contribution in [3.05, 3.63) is 11.1 Å². The highest BCUT2D eigenvalue weighted by molar-refractivity contribution is 7.91. The highest BCUT2D eigenvalue weighted by Gasteiger charge is 2.39. The third-order valence-corrected chi connectivity index (χ3v) is 5.37. The molecule has 1 amide bonds.